The van der Waals surface area contributed by atoms with Crippen LogP contribution in [0.5, 0.6) is 0 Å². The second-order valence-corrected chi connectivity index (χ2v) is 4.81. The van der Waals surface area contributed by atoms with Gasteiger partial charge in [0, 0.05) is 19.6 Å². The van der Waals surface area contributed by atoms with E-state index >= 15 is 0 Å². The molecule has 3 N–H and O–H groups in total. The van der Waals surface area contributed by atoms with Gasteiger partial charge in [0.05, 0.1) is 11.9 Å². The van der Waals surface area contributed by atoms with Crippen LogP contribution in [0, 0.1) is 5.92 Å². The summed E-state index contributed by atoms with van der Waals surface area (Å²) in [5, 5.41) is 7.19. The van der Waals surface area contributed by atoms with Crippen molar-refractivity contribution in [3.8, 4) is 0 Å². The van der Waals surface area contributed by atoms with Gasteiger partial charge in [-0.05, 0) is 34.7 Å². The molecule has 0 spiro atoms. The van der Waals surface area contributed by atoms with Gasteiger partial charge < -0.3 is 11.1 Å². The summed E-state index contributed by atoms with van der Waals surface area (Å²) in [4.78, 5) is 11.9. The Hall–Kier alpha value is -0.880. The third-order valence-corrected chi connectivity index (χ3v) is 3.34. The predicted molar refractivity (Wildman–Crippen MR) is 66.5 cm³/mol. The maximum absolute atomic E-state index is 11.9. The molecule has 1 fully saturated rings. The van der Waals surface area contributed by atoms with Crippen LogP contribution in [0.3, 0.4) is 0 Å². The van der Waals surface area contributed by atoms with Gasteiger partial charge in [0.25, 0.3) is 5.56 Å². The summed E-state index contributed by atoms with van der Waals surface area (Å²) in [6.45, 7) is 1.89. The molecule has 0 aromatic carbocycles. The summed E-state index contributed by atoms with van der Waals surface area (Å²) >= 11 is 3.29. The SMILES string of the molecule is NCCNc1cnn(CC2CC2)c(=O)c1Br. The lowest BCUT2D eigenvalue weighted by Crippen LogP contribution is -2.26. The van der Waals surface area contributed by atoms with Gasteiger partial charge in [0.2, 0.25) is 0 Å². The molecule has 1 saturated carbocycles. The van der Waals surface area contributed by atoms with E-state index in [1.54, 1.807) is 6.20 Å². The molecule has 88 valence electrons. The zero-order valence-electron chi connectivity index (χ0n) is 8.95. The molecule has 1 aromatic heterocycles. The van der Waals surface area contributed by atoms with E-state index in [0.717, 1.165) is 6.54 Å². The minimum absolute atomic E-state index is 0.0751. The highest BCUT2D eigenvalue weighted by Crippen LogP contribution is 2.30. The van der Waals surface area contributed by atoms with E-state index < -0.39 is 0 Å². The average Bonchev–Trinajstić information content (AvgIpc) is 3.08. The molecular formula is C10H15BrN4O. The molecule has 16 heavy (non-hydrogen) atoms. The number of rotatable bonds is 5. The van der Waals surface area contributed by atoms with Crippen molar-refractivity contribution in [3.63, 3.8) is 0 Å². The van der Waals surface area contributed by atoms with E-state index in [9.17, 15) is 4.79 Å². The number of aromatic nitrogens is 2. The number of hydrogen-bond donors (Lipinski definition) is 2. The van der Waals surface area contributed by atoms with E-state index in [4.69, 9.17) is 5.73 Å². The summed E-state index contributed by atoms with van der Waals surface area (Å²) in [6.07, 6.45) is 4.08. The van der Waals surface area contributed by atoms with Gasteiger partial charge in [-0.3, -0.25) is 4.79 Å². The summed E-state index contributed by atoms with van der Waals surface area (Å²) in [6, 6.07) is 0. The summed E-state index contributed by atoms with van der Waals surface area (Å²) in [5.41, 5.74) is 6.02. The molecule has 0 saturated heterocycles. The first-order valence-electron chi connectivity index (χ1n) is 5.42. The fourth-order valence-electron chi connectivity index (χ4n) is 1.47. The summed E-state index contributed by atoms with van der Waals surface area (Å²) in [5.74, 6) is 0.639. The second-order valence-electron chi connectivity index (χ2n) is 4.02. The number of nitrogens with two attached hydrogens (primary N) is 1. The fourth-order valence-corrected chi connectivity index (χ4v) is 1.92. The van der Waals surface area contributed by atoms with Crippen LogP contribution in [-0.4, -0.2) is 22.9 Å². The smallest absolute Gasteiger partial charge is 0.283 e. The molecule has 0 amide bonds. The molecule has 0 unspecified atom stereocenters. The van der Waals surface area contributed by atoms with E-state index in [0.29, 0.717) is 29.2 Å². The van der Waals surface area contributed by atoms with Crippen LogP contribution in [0.1, 0.15) is 12.8 Å². The monoisotopic (exact) mass is 286 g/mol. The summed E-state index contributed by atoms with van der Waals surface area (Å²) < 4.78 is 2.06. The minimum atomic E-state index is -0.0751. The van der Waals surface area contributed by atoms with Crippen molar-refractivity contribution in [1.29, 1.82) is 0 Å². The largest absolute Gasteiger partial charge is 0.381 e. The molecule has 5 nitrogen and oxygen atoms in total. The fraction of sp³-hybridized carbons (Fsp3) is 0.600. The predicted octanol–water partition coefficient (Wildman–Crippen LogP) is 0.786. The van der Waals surface area contributed by atoms with Crippen molar-refractivity contribution in [2.45, 2.75) is 19.4 Å². The van der Waals surface area contributed by atoms with Crippen molar-refractivity contribution in [1.82, 2.24) is 9.78 Å². The molecule has 1 aromatic rings. The van der Waals surface area contributed by atoms with Crippen LogP contribution >= 0.6 is 15.9 Å². The highest BCUT2D eigenvalue weighted by Gasteiger charge is 2.23. The number of nitrogens with zero attached hydrogens (tertiary/aromatic N) is 2. The lowest BCUT2D eigenvalue weighted by molar-refractivity contribution is 0.532. The van der Waals surface area contributed by atoms with E-state index in [2.05, 4.69) is 26.3 Å². The highest BCUT2D eigenvalue weighted by atomic mass is 79.9. The highest BCUT2D eigenvalue weighted by molar-refractivity contribution is 9.10. The number of nitrogens with one attached hydrogen (secondary N) is 1. The zero-order chi connectivity index (χ0) is 11.5. The van der Waals surface area contributed by atoms with Crippen molar-refractivity contribution >= 4 is 21.6 Å². The van der Waals surface area contributed by atoms with Gasteiger partial charge in [-0.25, -0.2) is 4.68 Å². The first-order chi connectivity index (χ1) is 7.72. The molecular weight excluding hydrogens is 272 g/mol. The molecule has 1 heterocycles. The van der Waals surface area contributed by atoms with Crippen LogP contribution in [0.15, 0.2) is 15.5 Å². The first kappa shape index (κ1) is 11.6. The van der Waals surface area contributed by atoms with Gasteiger partial charge in [-0.15, -0.1) is 0 Å². The Kier molecular flexibility index (Phi) is 3.60. The number of hydrogen-bond acceptors (Lipinski definition) is 4. The van der Waals surface area contributed by atoms with Gasteiger partial charge in [0.1, 0.15) is 4.47 Å². The Morgan fingerprint density at radius 1 is 1.62 bits per heavy atom. The third kappa shape index (κ3) is 2.62. The maximum atomic E-state index is 11.9. The van der Waals surface area contributed by atoms with Crippen LogP contribution in [0.2, 0.25) is 0 Å². The van der Waals surface area contributed by atoms with Crippen molar-refractivity contribution < 1.29 is 0 Å². The van der Waals surface area contributed by atoms with Gasteiger partial charge >= 0.3 is 0 Å². The van der Waals surface area contributed by atoms with E-state index in [-0.39, 0.29) is 5.56 Å². The van der Waals surface area contributed by atoms with Gasteiger partial charge in [-0.1, -0.05) is 0 Å². The molecule has 1 aliphatic carbocycles. The minimum Gasteiger partial charge on any atom is -0.381 e. The quantitative estimate of drug-likeness (QED) is 0.839. The third-order valence-electron chi connectivity index (χ3n) is 2.57. The Morgan fingerprint density at radius 2 is 2.38 bits per heavy atom. The normalized spacial score (nSPS) is 15.1. The van der Waals surface area contributed by atoms with Crippen LogP contribution < -0.4 is 16.6 Å². The molecule has 0 radical (unpaired) electrons. The number of anilines is 1. The lowest BCUT2D eigenvalue weighted by Gasteiger charge is -2.09. The van der Waals surface area contributed by atoms with E-state index in [1.807, 2.05) is 0 Å². The molecule has 6 heteroatoms. The van der Waals surface area contributed by atoms with Crippen molar-refractivity contribution in [2.75, 3.05) is 18.4 Å². The summed E-state index contributed by atoms with van der Waals surface area (Å²) in [7, 11) is 0. The molecule has 0 aliphatic heterocycles. The van der Waals surface area contributed by atoms with Crippen LogP contribution in [-0.2, 0) is 6.54 Å². The Morgan fingerprint density at radius 3 is 3.00 bits per heavy atom. The van der Waals surface area contributed by atoms with Crippen LogP contribution in [0.4, 0.5) is 5.69 Å². The zero-order valence-corrected chi connectivity index (χ0v) is 10.5. The topological polar surface area (TPSA) is 72.9 Å². The van der Waals surface area contributed by atoms with Crippen molar-refractivity contribution in [3.05, 3.63) is 21.0 Å². The Bertz CT molecular complexity index is 427. The van der Waals surface area contributed by atoms with Crippen molar-refractivity contribution in [2.24, 2.45) is 11.7 Å². The Balaban J connectivity index is 2.17. The van der Waals surface area contributed by atoms with Gasteiger partial charge in [-0.2, -0.15) is 5.10 Å². The Labute approximate surface area is 102 Å². The van der Waals surface area contributed by atoms with Gasteiger partial charge in [0.15, 0.2) is 0 Å². The molecule has 0 atom stereocenters. The molecule has 0 bridgehead atoms. The number of halogens is 1. The maximum Gasteiger partial charge on any atom is 0.283 e. The lowest BCUT2D eigenvalue weighted by atomic mass is 10.4. The van der Waals surface area contributed by atoms with E-state index in [1.165, 1.54) is 17.5 Å². The standard InChI is InChI=1S/C10H15BrN4O/c11-9-8(13-4-3-12)5-14-15(10(9)16)6-7-1-2-7/h5,7,13H,1-4,6,12H2. The first-order valence-corrected chi connectivity index (χ1v) is 6.21. The second kappa shape index (κ2) is 4.97. The molecule has 1 aliphatic rings. The van der Waals surface area contributed by atoms with Crippen LogP contribution in [0.25, 0.3) is 0 Å². The molecule has 2 rings (SSSR count). The average molecular weight is 287 g/mol.